The van der Waals surface area contributed by atoms with Gasteiger partial charge in [-0.25, -0.2) is 0 Å². The van der Waals surface area contributed by atoms with E-state index in [2.05, 4.69) is 16.2 Å². The molecular formula is C21H18ClN3O4S. The summed E-state index contributed by atoms with van der Waals surface area (Å²) in [4.78, 5) is 23.8. The summed E-state index contributed by atoms with van der Waals surface area (Å²) in [6.07, 6.45) is 0. The predicted molar refractivity (Wildman–Crippen MR) is 118 cm³/mol. The number of halogens is 1. The minimum atomic E-state index is -0.483. The molecule has 0 aromatic heterocycles. The Morgan fingerprint density at radius 2 is 1.53 bits per heavy atom. The summed E-state index contributed by atoms with van der Waals surface area (Å²) in [5.74, 6) is 0.145. The second-order valence-electron chi connectivity index (χ2n) is 6.06. The monoisotopic (exact) mass is 443 g/mol. The number of amides is 2. The SMILES string of the molecule is O=C(COc1cccc2ccccc12)NNC(=S)NC(=O)COc1ccc(Cl)cc1. The van der Waals surface area contributed by atoms with Gasteiger partial charge >= 0.3 is 0 Å². The number of hydrogen-bond acceptors (Lipinski definition) is 5. The molecule has 2 amide bonds. The van der Waals surface area contributed by atoms with Gasteiger partial charge in [0.1, 0.15) is 11.5 Å². The molecule has 0 fully saturated rings. The maximum atomic E-state index is 12.0. The molecule has 0 saturated carbocycles. The fraction of sp³-hybridized carbons (Fsp3) is 0.0952. The van der Waals surface area contributed by atoms with Crippen LogP contribution in [0.15, 0.2) is 66.7 Å². The number of carbonyl (C=O) groups is 2. The molecule has 0 saturated heterocycles. The molecular weight excluding hydrogens is 426 g/mol. The van der Waals surface area contributed by atoms with Gasteiger partial charge in [-0.2, -0.15) is 0 Å². The molecule has 0 atom stereocenters. The van der Waals surface area contributed by atoms with Crippen LogP contribution in [0.2, 0.25) is 5.02 Å². The van der Waals surface area contributed by atoms with Gasteiger partial charge in [-0.05, 0) is 47.9 Å². The van der Waals surface area contributed by atoms with Crippen molar-refractivity contribution in [3.05, 3.63) is 71.8 Å². The van der Waals surface area contributed by atoms with Crippen LogP contribution in [0, 0.1) is 0 Å². The number of hydrogen-bond donors (Lipinski definition) is 3. The van der Waals surface area contributed by atoms with Crippen LogP contribution in [0.3, 0.4) is 0 Å². The molecule has 0 unspecified atom stereocenters. The van der Waals surface area contributed by atoms with E-state index in [1.54, 1.807) is 30.3 Å². The molecule has 0 heterocycles. The number of carbonyl (C=O) groups excluding carboxylic acids is 2. The average molecular weight is 444 g/mol. The lowest BCUT2D eigenvalue weighted by molar-refractivity contribution is -0.124. The van der Waals surface area contributed by atoms with Crippen LogP contribution >= 0.6 is 23.8 Å². The average Bonchev–Trinajstić information content (AvgIpc) is 2.76. The van der Waals surface area contributed by atoms with Crippen LogP contribution in [0.4, 0.5) is 0 Å². The summed E-state index contributed by atoms with van der Waals surface area (Å²) in [6, 6.07) is 19.9. The lowest BCUT2D eigenvalue weighted by Crippen LogP contribution is -2.50. The Morgan fingerprint density at radius 1 is 0.833 bits per heavy atom. The standard InChI is InChI=1S/C21H18ClN3O4S/c22-15-8-10-16(11-9-15)28-12-19(26)23-21(30)25-24-20(27)13-29-18-7-3-5-14-4-1-2-6-17(14)18/h1-11H,12-13H2,(H,24,27)(H2,23,25,26,30). The molecule has 3 N–H and O–H groups in total. The van der Waals surface area contributed by atoms with E-state index in [9.17, 15) is 9.59 Å². The van der Waals surface area contributed by atoms with Crippen molar-refractivity contribution >= 4 is 51.5 Å². The Kier molecular flexibility index (Phi) is 7.42. The summed E-state index contributed by atoms with van der Waals surface area (Å²) >= 11 is 10.7. The molecule has 0 aliphatic heterocycles. The highest BCUT2D eigenvalue weighted by Crippen LogP contribution is 2.24. The maximum absolute atomic E-state index is 12.0. The Labute approximate surface area is 183 Å². The number of nitrogens with one attached hydrogen (secondary N) is 3. The lowest BCUT2D eigenvalue weighted by atomic mass is 10.1. The molecule has 0 bridgehead atoms. The second kappa shape index (κ2) is 10.4. The van der Waals surface area contributed by atoms with Crippen molar-refractivity contribution in [3.8, 4) is 11.5 Å². The molecule has 30 heavy (non-hydrogen) atoms. The first-order valence-electron chi connectivity index (χ1n) is 8.89. The third kappa shape index (κ3) is 6.33. The van der Waals surface area contributed by atoms with E-state index in [4.69, 9.17) is 33.3 Å². The van der Waals surface area contributed by atoms with Gasteiger partial charge in [0.05, 0.1) is 0 Å². The number of thiocarbonyl (C=S) groups is 1. The Balaban J connectivity index is 1.38. The van der Waals surface area contributed by atoms with Gasteiger partial charge in [0.25, 0.3) is 11.8 Å². The molecule has 3 aromatic rings. The third-order valence-electron chi connectivity index (χ3n) is 3.86. The highest BCUT2D eigenvalue weighted by molar-refractivity contribution is 7.80. The van der Waals surface area contributed by atoms with Crippen molar-refractivity contribution in [2.75, 3.05) is 13.2 Å². The van der Waals surface area contributed by atoms with Gasteiger partial charge in [0.15, 0.2) is 18.3 Å². The highest BCUT2D eigenvalue weighted by atomic mass is 35.5. The van der Waals surface area contributed by atoms with Gasteiger partial charge in [-0.1, -0.05) is 48.0 Å². The van der Waals surface area contributed by atoms with Crippen molar-refractivity contribution in [2.24, 2.45) is 0 Å². The molecule has 154 valence electrons. The number of rotatable bonds is 6. The van der Waals surface area contributed by atoms with Crippen LogP contribution in [0.5, 0.6) is 11.5 Å². The molecule has 9 heteroatoms. The van der Waals surface area contributed by atoms with E-state index in [0.717, 1.165) is 10.8 Å². The minimum Gasteiger partial charge on any atom is -0.484 e. The van der Waals surface area contributed by atoms with Gasteiger partial charge in [-0.15, -0.1) is 0 Å². The fourth-order valence-corrected chi connectivity index (χ4v) is 2.79. The number of fused-ring (bicyclic) bond motifs is 1. The fourth-order valence-electron chi connectivity index (χ4n) is 2.50. The Morgan fingerprint density at radius 3 is 2.33 bits per heavy atom. The quantitative estimate of drug-likeness (QED) is 0.401. The predicted octanol–water partition coefficient (Wildman–Crippen LogP) is 2.97. The summed E-state index contributed by atoms with van der Waals surface area (Å²) in [7, 11) is 0. The molecule has 0 aliphatic carbocycles. The van der Waals surface area contributed by atoms with E-state index in [0.29, 0.717) is 16.5 Å². The molecule has 0 spiro atoms. The first-order valence-corrected chi connectivity index (χ1v) is 9.67. The van der Waals surface area contributed by atoms with Crippen molar-refractivity contribution in [2.45, 2.75) is 0 Å². The zero-order valence-corrected chi connectivity index (χ0v) is 17.3. The summed E-state index contributed by atoms with van der Waals surface area (Å²) in [5.41, 5.74) is 4.80. The van der Waals surface area contributed by atoms with Gasteiger partial charge in [0.2, 0.25) is 0 Å². The zero-order chi connectivity index (χ0) is 21.3. The van der Waals surface area contributed by atoms with Gasteiger partial charge < -0.3 is 9.47 Å². The van der Waals surface area contributed by atoms with Crippen molar-refractivity contribution in [1.82, 2.24) is 16.2 Å². The topological polar surface area (TPSA) is 88.7 Å². The summed E-state index contributed by atoms with van der Waals surface area (Å²) in [5, 5.41) is 4.80. The first kappa shape index (κ1) is 21.4. The first-order chi connectivity index (χ1) is 14.5. The van der Waals surface area contributed by atoms with Crippen molar-refractivity contribution in [1.29, 1.82) is 0 Å². The number of ether oxygens (including phenoxy) is 2. The zero-order valence-electron chi connectivity index (χ0n) is 15.7. The second-order valence-corrected chi connectivity index (χ2v) is 6.90. The van der Waals surface area contributed by atoms with Gasteiger partial charge in [0, 0.05) is 10.4 Å². The van der Waals surface area contributed by atoms with Crippen molar-refractivity contribution in [3.63, 3.8) is 0 Å². The maximum Gasteiger partial charge on any atom is 0.276 e. The largest absolute Gasteiger partial charge is 0.484 e. The minimum absolute atomic E-state index is 0.0711. The Hall–Kier alpha value is -3.36. The van der Waals surface area contributed by atoms with Gasteiger partial charge in [-0.3, -0.25) is 25.8 Å². The van der Waals surface area contributed by atoms with E-state index in [1.807, 2.05) is 36.4 Å². The summed E-state index contributed by atoms with van der Waals surface area (Å²) < 4.78 is 10.9. The van der Waals surface area contributed by atoms with Crippen LogP contribution in [0.25, 0.3) is 10.8 Å². The van der Waals surface area contributed by atoms with E-state index in [-0.39, 0.29) is 18.3 Å². The van der Waals surface area contributed by atoms with E-state index < -0.39 is 11.8 Å². The molecule has 7 nitrogen and oxygen atoms in total. The van der Waals surface area contributed by atoms with Crippen LogP contribution in [-0.2, 0) is 9.59 Å². The van der Waals surface area contributed by atoms with Crippen molar-refractivity contribution < 1.29 is 19.1 Å². The number of benzene rings is 3. The lowest BCUT2D eigenvalue weighted by Gasteiger charge is -2.12. The highest BCUT2D eigenvalue weighted by Gasteiger charge is 2.09. The summed E-state index contributed by atoms with van der Waals surface area (Å²) in [6.45, 7) is -0.473. The van der Waals surface area contributed by atoms with Crippen LogP contribution < -0.4 is 25.6 Å². The normalized spacial score (nSPS) is 10.2. The third-order valence-corrected chi connectivity index (χ3v) is 4.32. The van der Waals surface area contributed by atoms with Crippen LogP contribution in [-0.4, -0.2) is 30.1 Å². The molecule has 3 aromatic carbocycles. The van der Waals surface area contributed by atoms with Crippen LogP contribution in [0.1, 0.15) is 0 Å². The number of hydrazine groups is 1. The van der Waals surface area contributed by atoms with E-state index >= 15 is 0 Å². The molecule has 3 rings (SSSR count). The Bertz CT molecular complexity index is 1050. The molecule has 0 aliphatic rings. The molecule has 0 radical (unpaired) electrons. The van der Waals surface area contributed by atoms with E-state index in [1.165, 1.54) is 0 Å². The smallest absolute Gasteiger partial charge is 0.276 e.